The third kappa shape index (κ3) is 5.74. The second-order valence-corrected chi connectivity index (χ2v) is 8.96. The maximum Gasteiger partial charge on any atom is 0.278 e. The van der Waals surface area contributed by atoms with Crippen molar-refractivity contribution in [1.82, 2.24) is 15.2 Å². The molecule has 2 amide bonds. The van der Waals surface area contributed by atoms with Crippen LogP contribution in [0, 0.1) is 5.92 Å². The highest BCUT2D eigenvalue weighted by molar-refractivity contribution is 8.00. The first-order chi connectivity index (χ1) is 15.3. The van der Waals surface area contributed by atoms with Crippen molar-refractivity contribution in [3.63, 3.8) is 0 Å². The molecule has 0 fully saturated rings. The molecular weight excluding hydrogens is 450 g/mol. The Kier molecular flexibility index (Phi) is 7.66. The monoisotopic (exact) mass is 471 g/mol. The summed E-state index contributed by atoms with van der Waals surface area (Å²) in [4.78, 5) is 39.9. The summed E-state index contributed by atoms with van der Waals surface area (Å²) >= 11 is 7.13. The number of rotatable bonds is 7. The largest absolute Gasteiger partial charge is 0.325 e. The van der Waals surface area contributed by atoms with Gasteiger partial charge in [0.05, 0.1) is 21.6 Å². The van der Waals surface area contributed by atoms with Crippen molar-refractivity contribution in [1.29, 1.82) is 0 Å². The lowest BCUT2D eigenvalue weighted by Crippen LogP contribution is -2.24. The number of thioether (sulfide) groups is 1. The third-order valence-electron chi connectivity index (χ3n) is 4.43. The van der Waals surface area contributed by atoms with Gasteiger partial charge in [0.15, 0.2) is 10.9 Å². The fourth-order valence-corrected chi connectivity index (χ4v) is 3.57. The van der Waals surface area contributed by atoms with E-state index in [-0.39, 0.29) is 28.6 Å². The van der Waals surface area contributed by atoms with E-state index in [1.54, 1.807) is 69.3 Å². The van der Waals surface area contributed by atoms with Gasteiger partial charge in [0.25, 0.3) is 5.56 Å². The van der Waals surface area contributed by atoms with Crippen LogP contribution in [0.3, 0.4) is 0 Å². The Bertz CT molecular complexity index is 1200. The number of aromatic nitrogens is 3. The highest BCUT2D eigenvalue weighted by atomic mass is 35.5. The topological polar surface area (TPSA) is 117 Å². The second kappa shape index (κ2) is 10.4. The molecule has 0 bridgehead atoms. The zero-order chi connectivity index (χ0) is 23.3. The molecule has 3 N–H and O–H groups in total. The average molecular weight is 472 g/mol. The fraction of sp³-hybridized carbons (Fsp3) is 0.227. The molecule has 0 saturated heterocycles. The van der Waals surface area contributed by atoms with Crippen LogP contribution in [-0.4, -0.2) is 32.2 Å². The van der Waals surface area contributed by atoms with Crippen LogP contribution in [0.25, 0.3) is 11.3 Å². The third-order valence-corrected chi connectivity index (χ3v) is 5.73. The van der Waals surface area contributed by atoms with Gasteiger partial charge in [-0.1, -0.05) is 67.5 Å². The number of benzene rings is 2. The van der Waals surface area contributed by atoms with E-state index in [1.165, 1.54) is 0 Å². The summed E-state index contributed by atoms with van der Waals surface area (Å²) in [5.41, 5.74) is 1.02. The lowest BCUT2D eigenvalue weighted by molar-refractivity contribution is -0.119. The van der Waals surface area contributed by atoms with Crippen LogP contribution in [0.2, 0.25) is 5.02 Å². The Balaban J connectivity index is 1.76. The molecule has 1 aromatic heterocycles. The second-order valence-electron chi connectivity index (χ2n) is 7.23. The molecule has 0 aliphatic rings. The number of halogens is 1. The number of para-hydroxylation sites is 2. The van der Waals surface area contributed by atoms with Crippen molar-refractivity contribution < 1.29 is 9.59 Å². The lowest BCUT2D eigenvalue weighted by Gasteiger charge is -2.13. The van der Waals surface area contributed by atoms with Crippen LogP contribution < -0.4 is 16.2 Å². The molecule has 2 aromatic carbocycles. The molecule has 0 unspecified atom stereocenters. The van der Waals surface area contributed by atoms with Crippen LogP contribution >= 0.6 is 23.4 Å². The van der Waals surface area contributed by atoms with Crippen molar-refractivity contribution in [2.45, 2.75) is 31.2 Å². The Morgan fingerprint density at radius 2 is 1.56 bits per heavy atom. The Labute approximate surface area is 194 Å². The molecular formula is C22H22ClN5O3S. The highest BCUT2D eigenvalue weighted by Crippen LogP contribution is 2.26. The van der Waals surface area contributed by atoms with Gasteiger partial charge >= 0.3 is 0 Å². The molecule has 1 atom stereocenters. The van der Waals surface area contributed by atoms with Crippen molar-refractivity contribution in [2.75, 3.05) is 10.6 Å². The molecule has 166 valence electrons. The van der Waals surface area contributed by atoms with Gasteiger partial charge in [0.2, 0.25) is 11.8 Å². The average Bonchev–Trinajstić information content (AvgIpc) is 2.76. The Hall–Kier alpha value is -3.17. The first kappa shape index (κ1) is 23.5. The van der Waals surface area contributed by atoms with Gasteiger partial charge in [-0.15, -0.1) is 10.2 Å². The number of anilines is 2. The van der Waals surface area contributed by atoms with Crippen LogP contribution in [0.5, 0.6) is 0 Å². The molecule has 3 aromatic rings. The zero-order valence-electron chi connectivity index (χ0n) is 17.7. The predicted octanol–water partition coefficient (Wildman–Crippen LogP) is 4.20. The van der Waals surface area contributed by atoms with E-state index in [9.17, 15) is 14.4 Å². The summed E-state index contributed by atoms with van der Waals surface area (Å²) in [5, 5.41) is 13.7. The van der Waals surface area contributed by atoms with Gasteiger partial charge in [-0.2, -0.15) is 0 Å². The number of amides is 2. The van der Waals surface area contributed by atoms with Gasteiger partial charge in [-0.05, 0) is 25.1 Å². The number of aromatic amines is 1. The summed E-state index contributed by atoms with van der Waals surface area (Å²) in [7, 11) is 0. The normalized spacial score (nSPS) is 11.8. The Morgan fingerprint density at radius 3 is 2.22 bits per heavy atom. The molecule has 0 aliphatic heterocycles. The van der Waals surface area contributed by atoms with E-state index in [2.05, 4.69) is 25.8 Å². The van der Waals surface area contributed by atoms with Crippen molar-refractivity contribution >= 4 is 46.6 Å². The van der Waals surface area contributed by atoms with Crippen LogP contribution in [0.1, 0.15) is 20.8 Å². The molecule has 0 aliphatic carbocycles. The minimum atomic E-state index is -0.570. The summed E-state index contributed by atoms with van der Waals surface area (Å²) in [6.07, 6.45) is 0. The van der Waals surface area contributed by atoms with E-state index < -0.39 is 10.8 Å². The smallest absolute Gasteiger partial charge is 0.278 e. The number of nitrogens with one attached hydrogen (secondary N) is 3. The number of H-pyrrole nitrogens is 1. The number of nitrogens with zero attached hydrogens (tertiary/aromatic N) is 2. The molecule has 0 radical (unpaired) electrons. The first-order valence-electron chi connectivity index (χ1n) is 9.85. The van der Waals surface area contributed by atoms with E-state index in [0.29, 0.717) is 22.0 Å². The summed E-state index contributed by atoms with van der Waals surface area (Å²) in [5.74, 6) is -0.687. The standard InChI is InChI=1S/C22H22ClN5O3S/c1-12(2)19(29)24-16-10-6-4-8-14(16)18-21(31)26-22(28-27-18)32-13(3)20(30)25-17-11-7-5-9-15(17)23/h4-13H,1-3H3,(H,24,29)(H,25,30)(H,26,28,31)/t13-/m0/s1. The van der Waals surface area contributed by atoms with Crippen molar-refractivity contribution in [3.05, 3.63) is 63.9 Å². The molecule has 1 heterocycles. The summed E-state index contributed by atoms with van der Waals surface area (Å²) in [6.45, 7) is 5.24. The fourth-order valence-electron chi connectivity index (χ4n) is 2.64. The summed E-state index contributed by atoms with van der Waals surface area (Å²) < 4.78 is 0. The molecule has 10 heteroatoms. The zero-order valence-corrected chi connectivity index (χ0v) is 19.3. The minimum Gasteiger partial charge on any atom is -0.325 e. The van der Waals surface area contributed by atoms with Gasteiger partial charge < -0.3 is 10.6 Å². The lowest BCUT2D eigenvalue weighted by atomic mass is 10.1. The van der Waals surface area contributed by atoms with Crippen molar-refractivity contribution in [3.8, 4) is 11.3 Å². The first-order valence-corrected chi connectivity index (χ1v) is 11.1. The maximum atomic E-state index is 12.7. The van der Waals surface area contributed by atoms with Gasteiger partial charge in [0.1, 0.15) is 0 Å². The summed E-state index contributed by atoms with van der Waals surface area (Å²) in [6, 6.07) is 13.8. The number of carbonyl (C=O) groups is 2. The van der Waals surface area contributed by atoms with Gasteiger partial charge in [-0.3, -0.25) is 19.4 Å². The van der Waals surface area contributed by atoms with Gasteiger partial charge in [-0.25, -0.2) is 0 Å². The van der Waals surface area contributed by atoms with Gasteiger partial charge in [0, 0.05) is 11.5 Å². The van der Waals surface area contributed by atoms with E-state index in [0.717, 1.165) is 11.8 Å². The van der Waals surface area contributed by atoms with Crippen molar-refractivity contribution in [2.24, 2.45) is 5.92 Å². The molecule has 3 rings (SSSR count). The van der Waals surface area contributed by atoms with Crippen LogP contribution in [0.15, 0.2) is 58.5 Å². The molecule has 8 nitrogen and oxygen atoms in total. The quantitative estimate of drug-likeness (QED) is 0.444. The van der Waals surface area contributed by atoms with E-state index >= 15 is 0 Å². The molecule has 32 heavy (non-hydrogen) atoms. The predicted molar refractivity (Wildman–Crippen MR) is 127 cm³/mol. The number of hydrogen-bond donors (Lipinski definition) is 3. The van der Waals surface area contributed by atoms with E-state index in [1.807, 2.05) is 0 Å². The number of hydrogen-bond acceptors (Lipinski definition) is 6. The van der Waals surface area contributed by atoms with Crippen LogP contribution in [0.4, 0.5) is 11.4 Å². The minimum absolute atomic E-state index is 0.0715. The number of carbonyl (C=O) groups excluding carboxylic acids is 2. The SMILES string of the molecule is CC(C)C(=O)Nc1ccccc1-c1nnc(S[C@@H](C)C(=O)Nc2ccccc2Cl)[nH]c1=O. The van der Waals surface area contributed by atoms with E-state index in [4.69, 9.17) is 11.6 Å². The molecule has 0 spiro atoms. The highest BCUT2D eigenvalue weighted by Gasteiger charge is 2.19. The van der Waals surface area contributed by atoms with Crippen LogP contribution in [-0.2, 0) is 9.59 Å². The maximum absolute atomic E-state index is 12.7. The Morgan fingerprint density at radius 1 is 0.938 bits per heavy atom. The molecule has 0 saturated carbocycles.